The molecule has 0 aromatic heterocycles. The highest BCUT2D eigenvalue weighted by molar-refractivity contribution is 4.68. The van der Waals surface area contributed by atoms with Crippen LogP contribution in [0.4, 0.5) is 0 Å². The van der Waals surface area contributed by atoms with E-state index in [1.165, 1.54) is 71.1 Å². The van der Waals surface area contributed by atoms with Crippen LogP contribution in [0.15, 0.2) is 0 Å². The molecule has 2 heteroatoms. The van der Waals surface area contributed by atoms with E-state index >= 15 is 0 Å². The van der Waals surface area contributed by atoms with Gasteiger partial charge in [-0.3, -0.25) is 0 Å². The fourth-order valence-electron chi connectivity index (χ4n) is 2.52. The van der Waals surface area contributed by atoms with Crippen molar-refractivity contribution in [1.29, 1.82) is 0 Å². The quantitative estimate of drug-likeness (QED) is 0.608. The highest BCUT2D eigenvalue weighted by Gasteiger charge is 2.10. The van der Waals surface area contributed by atoms with E-state index < -0.39 is 0 Å². The molecule has 0 aromatic carbocycles. The Morgan fingerprint density at radius 2 is 1.88 bits per heavy atom. The van der Waals surface area contributed by atoms with Gasteiger partial charge in [0.1, 0.15) is 0 Å². The molecule has 0 saturated carbocycles. The molecule has 1 atom stereocenters. The van der Waals surface area contributed by atoms with E-state index in [1.54, 1.807) is 0 Å². The van der Waals surface area contributed by atoms with Crippen LogP contribution in [0.2, 0.25) is 0 Å². The molecule has 1 N–H and O–H groups in total. The van der Waals surface area contributed by atoms with Crippen LogP contribution in [-0.4, -0.2) is 37.1 Å². The smallest absolute Gasteiger partial charge is 0.00644 e. The van der Waals surface area contributed by atoms with Crippen LogP contribution >= 0.6 is 0 Å². The maximum absolute atomic E-state index is 3.70. The Morgan fingerprint density at radius 1 is 1.12 bits per heavy atom. The topological polar surface area (TPSA) is 15.3 Å². The highest BCUT2D eigenvalue weighted by atomic mass is 15.1. The van der Waals surface area contributed by atoms with Crippen LogP contribution in [0.3, 0.4) is 0 Å². The van der Waals surface area contributed by atoms with Crippen LogP contribution in [0.1, 0.15) is 58.8 Å². The molecule has 0 aliphatic carbocycles. The maximum atomic E-state index is 3.70. The lowest BCUT2D eigenvalue weighted by molar-refractivity contribution is 0.324. The molecular formula is C14H30N2. The Bertz CT molecular complexity index is 153. The van der Waals surface area contributed by atoms with E-state index in [1.807, 2.05) is 0 Å². The minimum absolute atomic E-state index is 0.763. The van der Waals surface area contributed by atoms with Gasteiger partial charge in [0, 0.05) is 6.04 Å². The molecule has 0 aromatic rings. The maximum Gasteiger partial charge on any atom is 0.00644 e. The van der Waals surface area contributed by atoms with E-state index in [-0.39, 0.29) is 0 Å². The summed E-state index contributed by atoms with van der Waals surface area (Å²) in [5, 5.41) is 3.70. The number of unbranched alkanes of at least 4 members (excludes halogenated alkanes) is 1. The van der Waals surface area contributed by atoms with E-state index in [9.17, 15) is 0 Å². The molecule has 1 rings (SSSR count). The van der Waals surface area contributed by atoms with Gasteiger partial charge in [0.15, 0.2) is 0 Å². The standard InChI is InChI=1S/C14H30N2/c1-3-5-9-14(4-2)15-10-8-13-16-11-6-7-12-16/h14-15H,3-13H2,1-2H3. The lowest BCUT2D eigenvalue weighted by Crippen LogP contribution is -2.31. The summed E-state index contributed by atoms with van der Waals surface area (Å²) in [6, 6.07) is 0.763. The van der Waals surface area contributed by atoms with Crippen molar-refractivity contribution in [3.05, 3.63) is 0 Å². The summed E-state index contributed by atoms with van der Waals surface area (Å²) in [6.45, 7) is 9.77. The number of nitrogens with one attached hydrogen (secondary N) is 1. The fourth-order valence-corrected chi connectivity index (χ4v) is 2.52. The van der Waals surface area contributed by atoms with Gasteiger partial charge in [-0.1, -0.05) is 26.7 Å². The number of rotatable bonds is 9. The second-order valence-corrected chi connectivity index (χ2v) is 5.10. The molecule has 0 amide bonds. The minimum atomic E-state index is 0.763. The van der Waals surface area contributed by atoms with Crippen molar-refractivity contribution in [3.8, 4) is 0 Å². The second-order valence-electron chi connectivity index (χ2n) is 5.10. The molecule has 1 unspecified atom stereocenters. The van der Waals surface area contributed by atoms with Crippen molar-refractivity contribution in [3.63, 3.8) is 0 Å². The van der Waals surface area contributed by atoms with Gasteiger partial charge in [-0.05, 0) is 58.3 Å². The predicted octanol–water partition coefficient (Wildman–Crippen LogP) is 3.03. The van der Waals surface area contributed by atoms with Crippen LogP contribution in [-0.2, 0) is 0 Å². The average molecular weight is 226 g/mol. The second kappa shape index (κ2) is 9.00. The molecule has 96 valence electrons. The van der Waals surface area contributed by atoms with Crippen LogP contribution < -0.4 is 5.32 Å². The lowest BCUT2D eigenvalue weighted by Gasteiger charge is -2.18. The average Bonchev–Trinajstić information content (AvgIpc) is 2.81. The third-order valence-corrected chi connectivity index (χ3v) is 3.68. The van der Waals surface area contributed by atoms with Gasteiger partial charge < -0.3 is 10.2 Å². The molecule has 2 nitrogen and oxygen atoms in total. The van der Waals surface area contributed by atoms with E-state index in [0.717, 1.165) is 6.04 Å². The first kappa shape index (κ1) is 14.0. The normalized spacial score (nSPS) is 19.1. The summed E-state index contributed by atoms with van der Waals surface area (Å²) in [5.41, 5.74) is 0. The zero-order valence-corrected chi connectivity index (χ0v) is 11.3. The van der Waals surface area contributed by atoms with E-state index in [4.69, 9.17) is 0 Å². The Hall–Kier alpha value is -0.0800. The Balaban J connectivity index is 1.95. The first-order valence-corrected chi connectivity index (χ1v) is 7.32. The largest absolute Gasteiger partial charge is 0.314 e. The van der Waals surface area contributed by atoms with Crippen molar-refractivity contribution in [2.45, 2.75) is 64.8 Å². The van der Waals surface area contributed by atoms with Gasteiger partial charge >= 0.3 is 0 Å². The van der Waals surface area contributed by atoms with E-state index in [2.05, 4.69) is 24.1 Å². The van der Waals surface area contributed by atoms with Crippen molar-refractivity contribution in [1.82, 2.24) is 10.2 Å². The molecule has 0 bridgehead atoms. The van der Waals surface area contributed by atoms with Crippen molar-refractivity contribution in [2.75, 3.05) is 26.2 Å². The Morgan fingerprint density at radius 3 is 2.50 bits per heavy atom. The summed E-state index contributed by atoms with van der Waals surface area (Å²) < 4.78 is 0. The van der Waals surface area contributed by atoms with Gasteiger partial charge in [-0.15, -0.1) is 0 Å². The van der Waals surface area contributed by atoms with Crippen LogP contribution in [0.5, 0.6) is 0 Å². The Labute approximate surface area is 102 Å². The van der Waals surface area contributed by atoms with Gasteiger partial charge in [0.25, 0.3) is 0 Å². The van der Waals surface area contributed by atoms with Gasteiger partial charge in [0.2, 0.25) is 0 Å². The molecule has 0 spiro atoms. The van der Waals surface area contributed by atoms with Crippen LogP contribution in [0.25, 0.3) is 0 Å². The van der Waals surface area contributed by atoms with E-state index in [0.29, 0.717) is 0 Å². The molecule has 1 heterocycles. The summed E-state index contributed by atoms with van der Waals surface area (Å²) in [6.07, 6.45) is 9.50. The zero-order chi connectivity index (χ0) is 11.6. The zero-order valence-electron chi connectivity index (χ0n) is 11.3. The third-order valence-electron chi connectivity index (χ3n) is 3.68. The molecule has 1 aliphatic rings. The SMILES string of the molecule is CCCCC(CC)NCCCN1CCCC1. The minimum Gasteiger partial charge on any atom is -0.314 e. The van der Waals surface area contributed by atoms with Gasteiger partial charge in [0.05, 0.1) is 0 Å². The van der Waals surface area contributed by atoms with Crippen molar-refractivity contribution in [2.24, 2.45) is 0 Å². The number of likely N-dealkylation sites (tertiary alicyclic amines) is 1. The summed E-state index contributed by atoms with van der Waals surface area (Å²) in [4.78, 5) is 2.61. The molecule has 1 saturated heterocycles. The number of hydrogen-bond donors (Lipinski definition) is 1. The van der Waals surface area contributed by atoms with Crippen molar-refractivity contribution >= 4 is 0 Å². The predicted molar refractivity (Wildman–Crippen MR) is 71.9 cm³/mol. The fraction of sp³-hybridized carbons (Fsp3) is 1.00. The van der Waals surface area contributed by atoms with Crippen molar-refractivity contribution < 1.29 is 0 Å². The summed E-state index contributed by atoms with van der Waals surface area (Å²) in [7, 11) is 0. The molecule has 1 aliphatic heterocycles. The molecule has 16 heavy (non-hydrogen) atoms. The van der Waals surface area contributed by atoms with Gasteiger partial charge in [-0.2, -0.15) is 0 Å². The number of nitrogens with zero attached hydrogens (tertiary/aromatic N) is 1. The summed E-state index contributed by atoms with van der Waals surface area (Å²) >= 11 is 0. The first-order chi connectivity index (χ1) is 7.86. The number of hydrogen-bond acceptors (Lipinski definition) is 2. The molecule has 1 fully saturated rings. The molecular weight excluding hydrogens is 196 g/mol. The Kier molecular flexibility index (Phi) is 7.87. The van der Waals surface area contributed by atoms with Gasteiger partial charge in [-0.25, -0.2) is 0 Å². The van der Waals surface area contributed by atoms with Crippen LogP contribution in [0, 0.1) is 0 Å². The summed E-state index contributed by atoms with van der Waals surface area (Å²) in [5.74, 6) is 0. The first-order valence-electron chi connectivity index (χ1n) is 7.32. The molecule has 0 radical (unpaired) electrons. The monoisotopic (exact) mass is 226 g/mol. The third kappa shape index (κ3) is 5.86. The lowest BCUT2D eigenvalue weighted by atomic mass is 10.1. The highest BCUT2D eigenvalue weighted by Crippen LogP contribution is 2.07.